The minimum atomic E-state index is 0.121. The second-order valence-corrected chi connectivity index (χ2v) is 12.9. The molecule has 186 valence electrons. The largest absolute Gasteiger partial charge is 0.371 e. The maximum Gasteiger partial charge on any atom is 0.225 e. The van der Waals surface area contributed by atoms with Crippen LogP contribution in [0.3, 0.4) is 0 Å². The molecule has 2 aliphatic carbocycles. The molecule has 3 heterocycles. The fourth-order valence-electron chi connectivity index (χ4n) is 7.29. The first kappa shape index (κ1) is 23.0. The lowest BCUT2D eigenvalue weighted by atomic mass is 9.62. The Hall–Kier alpha value is -3.16. The Morgan fingerprint density at radius 1 is 1.05 bits per heavy atom. The summed E-state index contributed by atoms with van der Waals surface area (Å²) >= 11 is 1.64. The summed E-state index contributed by atoms with van der Waals surface area (Å²) in [4.78, 5) is 11.5. The Balaban J connectivity index is 1.32. The predicted molar refractivity (Wildman–Crippen MR) is 156 cm³/mol. The van der Waals surface area contributed by atoms with E-state index in [2.05, 4.69) is 53.9 Å². The zero-order chi connectivity index (χ0) is 25.1. The molecule has 2 aliphatic heterocycles. The number of allylic oxidation sites excluding steroid dienone is 5. The highest BCUT2D eigenvalue weighted by Crippen LogP contribution is 2.51. The molecule has 0 spiro atoms. The van der Waals surface area contributed by atoms with Crippen molar-refractivity contribution in [2.45, 2.75) is 58.8 Å². The number of para-hydroxylation sites is 1. The fourth-order valence-corrected chi connectivity index (χ4v) is 8.28. The summed E-state index contributed by atoms with van der Waals surface area (Å²) in [7, 11) is 0. The minimum Gasteiger partial charge on any atom is -0.371 e. The van der Waals surface area contributed by atoms with Gasteiger partial charge in [-0.3, -0.25) is 0 Å². The average molecular weight is 504 g/mol. The molecule has 0 fully saturated rings. The van der Waals surface area contributed by atoms with Crippen LogP contribution in [0.25, 0.3) is 26.3 Å². The number of hydrogen-bond donors (Lipinski definition) is 0. The number of rotatable bonds is 2. The molecule has 0 bridgehead atoms. The highest BCUT2D eigenvalue weighted by atomic mass is 32.1. The summed E-state index contributed by atoms with van der Waals surface area (Å²) in [5, 5.41) is 0.857. The quantitative estimate of drug-likeness (QED) is 0.327. The number of fused-ring (bicyclic) bond motifs is 2. The fraction of sp³-hybridized carbons (Fsp3) is 0.394. The molecule has 1 unspecified atom stereocenters. The van der Waals surface area contributed by atoms with Gasteiger partial charge in [0.1, 0.15) is 5.01 Å². The zero-order valence-electron chi connectivity index (χ0n) is 21.8. The van der Waals surface area contributed by atoms with E-state index in [1.54, 1.807) is 28.2 Å². The summed E-state index contributed by atoms with van der Waals surface area (Å²) in [5.74, 6) is 0.536. The molecular formula is C33H33N3S. The maximum atomic E-state index is 8.08. The molecule has 0 saturated carbocycles. The first-order valence-corrected chi connectivity index (χ1v) is 14.6. The van der Waals surface area contributed by atoms with E-state index in [0.29, 0.717) is 5.92 Å². The van der Waals surface area contributed by atoms with Gasteiger partial charge in [-0.25, -0.2) is 9.83 Å². The van der Waals surface area contributed by atoms with E-state index in [-0.39, 0.29) is 5.41 Å². The van der Waals surface area contributed by atoms with E-state index >= 15 is 0 Å². The van der Waals surface area contributed by atoms with Gasteiger partial charge >= 0.3 is 0 Å². The first-order valence-electron chi connectivity index (χ1n) is 13.8. The van der Waals surface area contributed by atoms with Crippen LogP contribution in [0.5, 0.6) is 0 Å². The van der Waals surface area contributed by atoms with Crippen molar-refractivity contribution in [3.8, 4) is 0 Å². The van der Waals surface area contributed by atoms with Gasteiger partial charge in [-0.2, -0.15) is 0 Å². The van der Waals surface area contributed by atoms with Crippen LogP contribution in [-0.4, -0.2) is 18.1 Å². The van der Waals surface area contributed by atoms with Crippen LogP contribution < -0.4 is 4.90 Å². The second kappa shape index (κ2) is 8.71. The summed E-state index contributed by atoms with van der Waals surface area (Å²) < 4.78 is 1.15. The van der Waals surface area contributed by atoms with Crippen LogP contribution in [0, 0.1) is 17.9 Å². The van der Waals surface area contributed by atoms with E-state index in [1.807, 2.05) is 18.2 Å². The number of hydrogen-bond acceptors (Lipinski definition) is 3. The summed E-state index contributed by atoms with van der Waals surface area (Å²) in [6.07, 6.45) is 13.0. The lowest BCUT2D eigenvalue weighted by Crippen LogP contribution is -2.34. The van der Waals surface area contributed by atoms with Gasteiger partial charge in [0.25, 0.3) is 0 Å². The van der Waals surface area contributed by atoms with E-state index in [0.717, 1.165) is 39.3 Å². The average Bonchev–Trinajstić information content (AvgIpc) is 3.32. The van der Waals surface area contributed by atoms with Crippen molar-refractivity contribution >= 4 is 38.5 Å². The number of aromatic nitrogens is 1. The number of anilines is 1. The SMILES string of the molecule is [C-]#[N+]/C(=C1\C=C2C=C(c3cc4c5c(c3)CCCN5CCC4)CCC2C(C)(C)C1)c1nc2ccccc2s1. The van der Waals surface area contributed by atoms with Crippen LogP contribution in [0.4, 0.5) is 5.69 Å². The molecule has 7 rings (SSSR count). The number of benzene rings is 2. The van der Waals surface area contributed by atoms with Gasteiger partial charge in [0.2, 0.25) is 5.70 Å². The third kappa shape index (κ3) is 3.87. The summed E-state index contributed by atoms with van der Waals surface area (Å²) in [5.41, 5.74) is 12.0. The van der Waals surface area contributed by atoms with E-state index in [4.69, 9.17) is 11.6 Å². The Kier molecular flexibility index (Phi) is 5.41. The lowest BCUT2D eigenvalue weighted by molar-refractivity contribution is 0.228. The zero-order valence-corrected chi connectivity index (χ0v) is 22.6. The van der Waals surface area contributed by atoms with Crippen molar-refractivity contribution < 1.29 is 0 Å². The van der Waals surface area contributed by atoms with E-state index in [9.17, 15) is 0 Å². The van der Waals surface area contributed by atoms with Crippen LogP contribution >= 0.6 is 11.3 Å². The Morgan fingerprint density at radius 2 is 1.81 bits per heavy atom. The van der Waals surface area contributed by atoms with Gasteiger partial charge in [0.05, 0.1) is 16.8 Å². The van der Waals surface area contributed by atoms with Crippen molar-refractivity contribution in [1.29, 1.82) is 0 Å². The van der Waals surface area contributed by atoms with E-state index < -0.39 is 0 Å². The number of thiazole rings is 1. The molecule has 1 atom stereocenters. The standard InChI is InChI=1S/C33H33N3S/c1-33(2)20-26(30(34-3)32-35-28-10-4-5-11-29(28)37-32)19-25-16-21(12-13-27(25)33)24-17-22-8-6-14-36-15-7-9-23(18-24)31(22)36/h4-5,10-11,16-19,27H,6-9,12-15,20H2,1-2H3/b30-26+. The maximum absolute atomic E-state index is 8.08. The summed E-state index contributed by atoms with van der Waals surface area (Å²) in [6.45, 7) is 15.3. The van der Waals surface area contributed by atoms with E-state index in [1.165, 1.54) is 61.9 Å². The number of aryl methyl sites for hydroxylation is 2. The molecule has 1 aromatic heterocycles. The highest BCUT2D eigenvalue weighted by molar-refractivity contribution is 7.19. The second-order valence-electron chi connectivity index (χ2n) is 11.9. The Labute approximate surface area is 224 Å². The van der Waals surface area contributed by atoms with Crippen LogP contribution in [0.15, 0.2) is 59.7 Å². The summed E-state index contributed by atoms with van der Waals surface area (Å²) in [6, 6.07) is 13.2. The first-order chi connectivity index (χ1) is 18.0. The van der Waals surface area contributed by atoms with Gasteiger partial charge < -0.3 is 4.90 Å². The van der Waals surface area contributed by atoms with Crippen molar-refractivity contribution in [3.63, 3.8) is 0 Å². The molecule has 2 aromatic carbocycles. The normalized spacial score (nSPS) is 23.5. The molecule has 37 heavy (non-hydrogen) atoms. The molecule has 4 aliphatic rings. The van der Waals surface area contributed by atoms with Crippen molar-refractivity contribution in [2.24, 2.45) is 11.3 Å². The molecule has 3 aromatic rings. The third-order valence-corrected chi connectivity index (χ3v) is 10.0. The van der Waals surface area contributed by atoms with Crippen molar-refractivity contribution in [1.82, 2.24) is 4.98 Å². The number of nitrogens with zero attached hydrogens (tertiary/aromatic N) is 3. The van der Waals surface area contributed by atoms with Gasteiger partial charge in [0.15, 0.2) is 0 Å². The van der Waals surface area contributed by atoms with Gasteiger partial charge in [0, 0.05) is 18.8 Å². The molecule has 3 nitrogen and oxygen atoms in total. The molecule has 0 radical (unpaired) electrons. The topological polar surface area (TPSA) is 20.5 Å². The Morgan fingerprint density at radius 3 is 2.54 bits per heavy atom. The van der Waals surface area contributed by atoms with Gasteiger partial charge in [-0.05, 0) is 114 Å². The van der Waals surface area contributed by atoms with Crippen molar-refractivity contribution in [2.75, 3.05) is 18.0 Å². The van der Waals surface area contributed by atoms with Crippen LogP contribution in [0.2, 0.25) is 0 Å². The third-order valence-electron chi connectivity index (χ3n) is 8.99. The molecule has 4 heteroatoms. The Bertz CT molecular complexity index is 1490. The lowest BCUT2D eigenvalue weighted by Gasteiger charge is -2.42. The molecule has 0 amide bonds. The van der Waals surface area contributed by atoms with Gasteiger partial charge in [-0.1, -0.05) is 38.1 Å². The van der Waals surface area contributed by atoms with Crippen molar-refractivity contribution in [3.05, 3.63) is 92.8 Å². The minimum absolute atomic E-state index is 0.121. The highest BCUT2D eigenvalue weighted by Gasteiger charge is 2.38. The monoisotopic (exact) mass is 503 g/mol. The molecule has 0 N–H and O–H groups in total. The van der Waals surface area contributed by atoms with Crippen LogP contribution in [0.1, 0.15) is 67.6 Å². The molecule has 0 saturated heterocycles. The predicted octanol–water partition coefficient (Wildman–Crippen LogP) is 8.48. The van der Waals surface area contributed by atoms with Gasteiger partial charge in [-0.15, -0.1) is 11.3 Å². The van der Waals surface area contributed by atoms with Crippen LogP contribution in [-0.2, 0) is 12.8 Å². The smallest absolute Gasteiger partial charge is 0.225 e. The molecular weight excluding hydrogens is 470 g/mol.